The van der Waals surface area contributed by atoms with Crippen LogP contribution in [0, 0.1) is 6.92 Å². The molecule has 0 spiro atoms. The van der Waals surface area contributed by atoms with Gasteiger partial charge in [0.2, 0.25) is 0 Å². The quantitative estimate of drug-likeness (QED) is 0.786. The maximum atomic E-state index is 6.23. The van der Waals surface area contributed by atoms with Crippen LogP contribution < -0.4 is 5.73 Å². The van der Waals surface area contributed by atoms with Gasteiger partial charge < -0.3 is 5.73 Å². The van der Waals surface area contributed by atoms with Gasteiger partial charge in [0.15, 0.2) is 0 Å². The molecule has 2 N–H and O–H groups in total. The molecule has 0 saturated carbocycles. The van der Waals surface area contributed by atoms with Gasteiger partial charge >= 0.3 is 0 Å². The van der Waals surface area contributed by atoms with Crippen LogP contribution in [-0.2, 0) is 6.42 Å². The van der Waals surface area contributed by atoms with Crippen LogP contribution in [0.25, 0.3) is 0 Å². The summed E-state index contributed by atoms with van der Waals surface area (Å²) in [5.74, 6) is 0.813. The zero-order chi connectivity index (χ0) is 14.5. The lowest BCUT2D eigenvalue weighted by Crippen LogP contribution is -2.25. The average molecular weight is 326 g/mol. The second kappa shape index (κ2) is 7.37. The Hall–Kier alpha value is -0.670. The number of rotatable bonds is 5. The molecule has 1 nitrogen and oxygen atoms in total. The van der Waals surface area contributed by atoms with Crippen molar-refractivity contribution in [2.24, 2.45) is 5.73 Å². The van der Waals surface area contributed by atoms with Gasteiger partial charge in [-0.15, -0.1) is 11.8 Å². The number of halogens is 2. The first-order valence-electron chi connectivity index (χ1n) is 6.44. The van der Waals surface area contributed by atoms with Gasteiger partial charge in [-0.1, -0.05) is 47.5 Å². The van der Waals surface area contributed by atoms with E-state index in [4.69, 9.17) is 28.9 Å². The van der Waals surface area contributed by atoms with Gasteiger partial charge in [0.05, 0.1) is 5.02 Å². The Balaban J connectivity index is 1.92. The molecule has 106 valence electrons. The second-order valence-corrected chi connectivity index (χ2v) is 6.68. The van der Waals surface area contributed by atoms with E-state index in [9.17, 15) is 0 Å². The minimum absolute atomic E-state index is 0.0523. The summed E-state index contributed by atoms with van der Waals surface area (Å²) in [5.41, 5.74) is 8.45. The normalized spacial score (nSPS) is 12.4. The van der Waals surface area contributed by atoms with Crippen molar-refractivity contribution in [1.29, 1.82) is 0 Å². The highest BCUT2D eigenvalue weighted by molar-refractivity contribution is 7.99. The van der Waals surface area contributed by atoms with Gasteiger partial charge in [0, 0.05) is 21.7 Å². The highest BCUT2D eigenvalue weighted by Gasteiger charge is 2.09. The number of aryl methyl sites for hydroxylation is 1. The van der Waals surface area contributed by atoms with Crippen LogP contribution in [0.2, 0.25) is 10.0 Å². The van der Waals surface area contributed by atoms with Gasteiger partial charge in [-0.3, -0.25) is 0 Å². The molecular formula is C16H17Cl2NS. The molecule has 0 heterocycles. The van der Waals surface area contributed by atoms with Crippen LogP contribution in [0.1, 0.15) is 11.1 Å². The molecule has 0 amide bonds. The fourth-order valence-electron chi connectivity index (χ4n) is 1.92. The van der Waals surface area contributed by atoms with E-state index < -0.39 is 0 Å². The van der Waals surface area contributed by atoms with E-state index in [1.807, 2.05) is 37.3 Å². The number of benzene rings is 2. The summed E-state index contributed by atoms with van der Waals surface area (Å²) in [7, 11) is 0. The Labute approximate surface area is 134 Å². The third-order valence-electron chi connectivity index (χ3n) is 2.98. The minimum atomic E-state index is 0.0523. The molecule has 2 rings (SSSR count). The van der Waals surface area contributed by atoms with Gasteiger partial charge in [0.25, 0.3) is 0 Å². The van der Waals surface area contributed by atoms with Crippen LogP contribution >= 0.6 is 35.0 Å². The van der Waals surface area contributed by atoms with Crippen molar-refractivity contribution in [3.05, 3.63) is 63.6 Å². The van der Waals surface area contributed by atoms with Crippen LogP contribution in [0.3, 0.4) is 0 Å². The molecular weight excluding hydrogens is 309 g/mol. The lowest BCUT2D eigenvalue weighted by Gasteiger charge is -2.13. The maximum absolute atomic E-state index is 6.23. The first-order chi connectivity index (χ1) is 9.56. The van der Waals surface area contributed by atoms with E-state index >= 15 is 0 Å². The summed E-state index contributed by atoms with van der Waals surface area (Å²) < 4.78 is 0. The first-order valence-corrected chi connectivity index (χ1v) is 8.18. The van der Waals surface area contributed by atoms with E-state index in [0.717, 1.165) is 38.2 Å². The molecule has 0 aliphatic carbocycles. The van der Waals surface area contributed by atoms with Crippen LogP contribution in [0.4, 0.5) is 0 Å². The van der Waals surface area contributed by atoms with Crippen molar-refractivity contribution in [3.63, 3.8) is 0 Å². The summed E-state index contributed by atoms with van der Waals surface area (Å²) in [5, 5.41) is 1.57. The molecule has 20 heavy (non-hydrogen) atoms. The van der Waals surface area contributed by atoms with Crippen molar-refractivity contribution in [3.8, 4) is 0 Å². The lowest BCUT2D eigenvalue weighted by molar-refractivity contribution is 0.748. The fraction of sp³-hybridized carbons (Fsp3) is 0.250. The van der Waals surface area contributed by atoms with Crippen LogP contribution in [0.15, 0.2) is 47.4 Å². The van der Waals surface area contributed by atoms with E-state index in [2.05, 4.69) is 12.1 Å². The molecule has 4 heteroatoms. The standard InChI is InChI=1S/C16H17Cl2NS/c1-11-6-7-12(15(18)8-11)9-13(19)10-20-16-5-3-2-4-14(16)17/h2-8,13H,9-10,19H2,1H3. The first kappa shape index (κ1) is 15.7. The summed E-state index contributed by atoms with van der Waals surface area (Å²) in [4.78, 5) is 1.07. The SMILES string of the molecule is Cc1ccc(CC(N)CSc2ccccc2Cl)c(Cl)c1. The van der Waals surface area contributed by atoms with E-state index in [-0.39, 0.29) is 6.04 Å². The highest BCUT2D eigenvalue weighted by Crippen LogP contribution is 2.27. The van der Waals surface area contributed by atoms with E-state index in [1.54, 1.807) is 11.8 Å². The smallest absolute Gasteiger partial charge is 0.0541 e. The maximum Gasteiger partial charge on any atom is 0.0541 e. The molecule has 2 aromatic rings. The molecule has 0 aromatic heterocycles. The molecule has 0 aliphatic heterocycles. The number of thioether (sulfide) groups is 1. The molecule has 0 saturated heterocycles. The molecule has 0 fully saturated rings. The van der Waals surface area contributed by atoms with E-state index in [0.29, 0.717) is 0 Å². The average Bonchev–Trinajstić information content (AvgIpc) is 2.41. The summed E-state index contributed by atoms with van der Waals surface area (Å²) in [6.07, 6.45) is 0.774. The Morgan fingerprint density at radius 2 is 1.85 bits per heavy atom. The Morgan fingerprint density at radius 3 is 2.55 bits per heavy atom. The second-order valence-electron chi connectivity index (χ2n) is 4.80. The predicted molar refractivity (Wildman–Crippen MR) is 90.0 cm³/mol. The molecule has 0 bridgehead atoms. The highest BCUT2D eigenvalue weighted by atomic mass is 35.5. The third-order valence-corrected chi connectivity index (χ3v) is 5.04. The van der Waals surface area contributed by atoms with Crippen LogP contribution in [-0.4, -0.2) is 11.8 Å². The van der Waals surface area contributed by atoms with Gasteiger partial charge in [-0.2, -0.15) is 0 Å². The van der Waals surface area contributed by atoms with Crippen molar-refractivity contribution in [1.82, 2.24) is 0 Å². The summed E-state index contributed by atoms with van der Waals surface area (Å²) >= 11 is 14.0. The molecule has 0 aliphatic rings. The molecule has 1 unspecified atom stereocenters. The summed E-state index contributed by atoms with van der Waals surface area (Å²) in [6.45, 7) is 2.03. The van der Waals surface area contributed by atoms with Crippen LogP contribution in [0.5, 0.6) is 0 Å². The van der Waals surface area contributed by atoms with Gasteiger partial charge in [-0.25, -0.2) is 0 Å². The number of nitrogens with two attached hydrogens (primary N) is 1. The van der Waals surface area contributed by atoms with Crippen molar-refractivity contribution < 1.29 is 0 Å². The Morgan fingerprint density at radius 1 is 1.10 bits per heavy atom. The molecule has 2 aromatic carbocycles. The number of hydrogen-bond acceptors (Lipinski definition) is 2. The zero-order valence-corrected chi connectivity index (χ0v) is 13.6. The van der Waals surface area contributed by atoms with Crippen molar-refractivity contribution in [2.45, 2.75) is 24.3 Å². The topological polar surface area (TPSA) is 26.0 Å². The third kappa shape index (κ3) is 4.42. The Kier molecular flexibility index (Phi) is 5.79. The van der Waals surface area contributed by atoms with E-state index in [1.165, 1.54) is 0 Å². The summed E-state index contributed by atoms with van der Waals surface area (Å²) in [6, 6.07) is 14.0. The van der Waals surface area contributed by atoms with Crippen molar-refractivity contribution >= 4 is 35.0 Å². The molecule has 1 atom stereocenters. The number of hydrogen-bond donors (Lipinski definition) is 1. The monoisotopic (exact) mass is 325 g/mol. The molecule has 0 radical (unpaired) electrons. The minimum Gasteiger partial charge on any atom is -0.327 e. The zero-order valence-electron chi connectivity index (χ0n) is 11.3. The van der Waals surface area contributed by atoms with Gasteiger partial charge in [-0.05, 0) is 42.7 Å². The lowest BCUT2D eigenvalue weighted by atomic mass is 10.1. The largest absolute Gasteiger partial charge is 0.327 e. The Bertz CT molecular complexity index is 586. The van der Waals surface area contributed by atoms with Gasteiger partial charge in [0.1, 0.15) is 0 Å². The van der Waals surface area contributed by atoms with Crippen molar-refractivity contribution in [2.75, 3.05) is 5.75 Å². The predicted octanol–water partition coefficient (Wildman–Crippen LogP) is 4.96. The fourth-order valence-corrected chi connectivity index (χ4v) is 3.42.